The Labute approximate surface area is 188 Å². The lowest BCUT2D eigenvalue weighted by molar-refractivity contribution is 0.0951. The molecule has 0 aliphatic rings. The van der Waals surface area contributed by atoms with Gasteiger partial charge in [0.1, 0.15) is 11.5 Å². The van der Waals surface area contributed by atoms with Crippen LogP contribution in [0.2, 0.25) is 10.0 Å². The van der Waals surface area contributed by atoms with Crippen molar-refractivity contribution in [2.24, 2.45) is 0 Å². The van der Waals surface area contributed by atoms with Crippen molar-refractivity contribution >= 4 is 44.8 Å². The van der Waals surface area contributed by atoms with Crippen LogP contribution in [0.25, 0.3) is 0 Å². The van der Waals surface area contributed by atoms with Crippen LogP contribution in [0.15, 0.2) is 47.6 Å². The third-order valence-electron chi connectivity index (χ3n) is 4.22. The number of rotatable bonds is 8. The molecule has 0 radical (unpaired) electrons. The lowest BCUT2D eigenvalue weighted by Gasteiger charge is -2.15. The fraction of sp³-hybridized carbons (Fsp3) is 0.158. The third-order valence-corrected chi connectivity index (χ3v) is 6.21. The number of hydrogen-bond donors (Lipinski definition) is 3. The second-order valence-corrected chi connectivity index (χ2v) is 8.72. The van der Waals surface area contributed by atoms with Gasteiger partial charge in [-0.05, 0) is 24.3 Å². The number of anilines is 1. The first-order valence-corrected chi connectivity index (χ1v) is 11.0. The Balaban J connectivity index is 1.87. The smallest absolute Gasteiger partial charge is 0.262 e. The van der Waals surface area contributed by atoms with Gasteiger partial charge in [0.2, 0.25) is 0 Å². The summed E-state index contributed by atoms with van der Waals surface area (Å²) in [7, 11) is -1.29. The second-order valence-electron chi connectivity index (χ2n) is 6.22. The van der Waals surface area contributed by atoms with Crippen LogP contribution in [0.1, 0.15) is 15.9 Å². The number of benzene rings is 2. The molecule has 0 spiro atoms. The summed E-state index contributed by atoms with van der Waals surface area (Å²) < 4.78 is 38.6. The predicted octanol–water partition coefficient (Wildman–Crippen LogP) is 3.46. The van der Waals surface area contributed by atoms with Gasteiger partial charge in [0.25, 0.3) is 15.9 Å². The number of nitrogens with zero attached hydrogens (tertiary/aromatic N) is 1. The summed E-state index contributed by atoms with van der Waals surface area (Å²) >= 11 is 12.2. The maximum Gasteiger partial charge on any atom is 0.262 e. The number of hydrogen-bond acceptors (Lipinski definition) is 6. The first-order valence-electron chi connectivity index (χ1n) is 8.75. The van der Waals surface area contributed by atoms with Gasteiger partial charge in [-0.1, -0.05) is 23.2 Å². The van der Waals surface area contributed by atoms with Crippen LogP contribution in [-0.2, 0) is 16.6 Å². The first kappa shape index (κ1) is 22.7. The van der Waals surface area contributed by atoms with E-state index in [1.807, 2.05) is 0 Å². The van der Waals surface area contributed by atoms with Gasteiger partial charge >= 0.3 is 0 Å². The van der Waals surface area contributed by atoms with Crippen LogP contribution in [-0.4, -0.2) is 38.7 Å². The highest BCUT2D eigenvalue weighted by Gasteiger charge is 2.21. The van der Waals surface area contributed by atoms with Gasteiger partial charge in [-0.2, -0.15) is 5.10 Å². The fourth-order valence-electron chi connectivity index (χ4n) is 2.64. The minimum absolute atomic E-state index is 0.00719. The molecule has 164 valence electrons. The van der Waals surface area contributed by atoms with Crippen molar-refractivity contribution in [3.63, 3.8) is 0 Å². The molecule has 3 N–H and O–H groups in total. The van der Waals surface area contributed by atoms with Gasteiger partial charge < -0.3 is 14.8 Å². The maximum absolute atomic E-state index is 12.9. The van der Waals surface area contributed by atoms with E-state index in [1.54, 1.807) is 12.4 Å². The zero-order chi connectivity index (χ0) is 22.6. The summed E-state index contributed by atoms with van der Waals surface area (Å²) in [5, 5.41) is 9.38. The van der Waals surface area contributed by atoms with Crippen LogP contribution in [0.5, 0.6) is 11.5 Å². The lowest BCUT2D eigenvalue weighted by Crippen LogP contribution is -2.23. The molecular formula is C19H18Cl2N4O5S. The van der Waals surface area contributed by atoms with Crippen molar-refractivity contribution in [1.82, 2.24) is 15.5 Å². The Morgan fingerprint density at radius 3 is 2.48 bits per heavy atom. The molecule has 2 aromatic carbocycles. The van der Waals surface area contributed by atoms with E-state index in [4.69, 9.17) is 32.7 Å². The zero-order valence-corrected chi connectivity index (χ0v) is 18.7. The van der Waals surface area contributed by atoms with Crippen LogP contribution >= 0.6 is 23.2 Å². The molecule has 1 heterocycles. The molecule has 1 aromatic heterocycles. The molecule has 31 heavy (non-hydrogen) atoms. The molecule has 0 fully saturated rings. The Morgan fingerprint density at radius 2 is 1.84 bits per heavy atom. The summed E-state index contributed by atoms with van der Waals surface area (Å²) in [6, 6.07) is 6.63. The van der Waals surface area contributed by atoms with Crippen molar-refractivity contribution in [3.05, 3.63) is 63.9 Å². The monoisotopic (exact) mass is 484 g/mol. The SMILES string of the molecule is COc1cc(OC)c(NS(=O)(=O)c2ccc(Cl)c(C(=O)NCc3cn[nH]c3)c2)cc1Cl. The number of carbonyl (C=O) groups is 1. The summed E-state index contributed by atoms with van der Waals surface area (Å²) in [5.74, 6) is -0.00488. The number of sulfonamides is 1. The van der Waals surface area contributed by atoms with E-state index >= 15 is 0 Å². The van der Waals surface area contributed by atoms with E-state index in [-0.39, 0.29) is 38.5 Å². The second kappa shape index (κ2) is 9.46. The summed E-state index contributed by atoms with van der Waals surface area (Å²) in [5.41, 5.74) is 0.861. The number of aromatic amines is 1. The highest BCUT2D eigenvalue weighted by molar-refractivity contribution is 7.92. The van der Waals surface area contributed by atoms with E-state index in [9.17, 15) is 13.2 Å². The topological polar surface area (TPSA) is 122 Å². The molecular weight excluding hydrogens is 467 g/mol. The first-order chi connectivity index (χ1) is 14.7. The summed E-state index contributed by atoms with van der Waals surface area (Å²) in [4.78, 5) is 12.4. The molecule has 12 heteroatoms. The molecule has 3 rings (SSSR count). The van der Waals surface area contributed by atoms with Crippen molar-refractivity contribution in [3.8, 4) is 11.5 Å². The number of methoxy groups -OCH3 is 2. The molecule has 9 nitrogen and oxygen atoms in total. The average molecular weight is 485 g/mol. The van der Waals surface area contributed by atoms with Crippen LogP contribution in [0.3, 0.4) is 0 Å². The minimum atomic E-state index is -4.10. The molecule has 0 saturated carbocycles. The number of nitrogens with one attached hydrogen (secondary N) is 3. The lowest BCUT2D eigenvalue weighted by atomic mass is 10.2. The number of amides is 1. The molecule has 0 aliphatic heterocycles. The van der Waals surface area contributed by atoms with Gasteiger partial charge in [-0.25, -0.2) is 8.42 Å². The highest BCUT2D eigenvalue weighted by atomic mass is 35.5. The Bertz CT molecular complexity index is 1200. The highest BCUT2D eigenvalue weighted by Crippen LogP contribution is 2.37. The average Bonchev–Trinajstić information content (AvgIpc) is 3.26. The fourth-order valence-corrected chi connectivity index (χ4v) is 4.17. The van der Waals surface area contributed by atoms with Crippen LogP contribution < -0.4 is 19.5 Å². The normalized spacial score (nSPS) is 11.1. The van der Waals surface area contributed by atoms with Crippen molar-refractivity contribution in [1.29, 1.82) is 0 Å². The largest absolute Gasteiger partial charge is 0.495 e. The Kier molecular flexibility index (Phi) is 6.94. The van der Waals surface area contributed by atoms with E-state index in [1.165, 1.54) is 44.6 Å². The Morgan fingerprint density at radius 1 is 1.10 bits per heavy atom. The summed E-state index contributed by atoms with van der Waals surface area (Å²) in [6.45, 7) is 0.197. The molecule has 0 bridgehead atoms. The van der Waals surface area contributed by atoms with Gasteiger partial charge in [-0.15, -0.1) is 0 Å². The van der Waals surface area contributed by atoms with E-state index in [0.717, 1.165) is 5.56 Å². The van der Waals surface area contributed by atoms with E-state index in [0.29, 0.717) is 5.75 Å². The third kappa shape index (κ3) is 5.22. The van der Waals surface area contributed by atoms with Crippen molar-refractivity contribution < 1.29 is 22.7 Å². The number of H-pyrrole nitrogens is 1. The zero-order valence-electron chi connectivity index (χ0n) is 16.4. The minimum Gasteiger partial charge on any atom is -0.495 e. The van der Waals surface area contributed by atoms with Gasteiger partial charge in [0.05, 0.1) is 46.6 Å². The molecule has 3 aromatic rings. The molecule has 0 saturated heterocycles. The van der Waals surface area contributed by atoms with E-state index in [2.05, 4.69) is 20.2 Å². The van der Waals surface area contributed by atoms with Gasteiger partial charge in [0, 0.05) is 24.4 Å². The molecule has 0 unspecified atom stereocenters. The standard InChI is InChI=1S/C19H18Cl2N4O5S/c1-29-17-7-18(30-2)16(6-15(17)21)25-31(27,28)12-3-4-14(20)13(5-12)19(26)22-8-11-9-23-24-10-11/h3-7,9-10,25H,8H2,1-2H3,(H,22,26)(H,23,24). The Hall–Kier alpha value is -2.95. The molecule has 0 aliphatic carbocycles. The van der Waals surface area contributed by atoms with Crippen LogP contribution in [0.4, 0.5) is 5.69 Å². The van der Waals surface area contributed by atoms with Gasteiger partial charge in [-0.3, -0.25) is 14.6 Å². The van der Waals surface area contributed by atoms with Crippen molar-refractivity contribution in [2.45, 2.75) is 11.4 Å². The predicted molar refractivity (Wildman–Crippen MR) is 117 cm³/mol. The number of halogens is 2. The quantitative estimate of drug-likeness (QED) is 0.449. The van der Waals surface area contributed by atoms with Crippen LogP contribution in [0, 0.1) is 0 Å². The molecule has 0 atom stereocenters. The number of ether oxygens (including phenoxy) is 2. The summed E-state index contributed by atoms with van der Waals surface area (Å²) in [6.07, 6.45) is 3.18. The maximum atomic E-state index is 12.9. The van der Waals surface area contributed by atoms with Crippen molar-refractivity contribution in [2.75, 3.05) is 18.9 Å². The van der Waals surface area contributed by atoms with Gasteiger partial charge in [0.15, 0.2) is 0 Å². The van der Waals surface area contributed by atoms with E-state index < -0.39 is 15.9 Å². The number of carbonyl (C=O) groups excluding carboxylic acids is 1. The molecule has 1 amide bonds. The number of aromatic nitrogens is 2.